The normalized spacial score (nSPS) is 22.4. The molecule has 0 bridgehead atoms. The molecule has 0 unspecified atom stereocenters. The molecule has 0 aliphatic carbocycles. The summed E-state index contributed by atoms with van der Waals surface area (Å²) in [7, 11) is 0. The molecular weight excluding hydrogens is 378 g/mol. The number of carbonyl (C=O) groups is 2. The molecule has 1 fully saturated rings. The molecule has 0 radical (unpaired) electrons. The van der Waals surface area contributed by atoms with Crippen LogP contribution in [0.15, 0.2) is 84.9 Å². The number of ether oxygens (including phenoxy) is 2. The molecule has 0 N–H and O–H groups in total. The number of imide groups is 1. The van der Waals surface area contributed by atoms with Crippen LogP contribution < -0.4 is 0 Å². The summed E-state index contributed by atoms with van der Waals surface area (Å²) in [4.78, 5) is 27.1. The van der Waals surface area contributed by atoms with Gasteiger partial charge in [-0.05, 0) is 30.2 Å². The molecule has 5 heteroatoms. The second kappa shape index (κ2) is 7.52. The first-order valence-electron chi connectivity index (χ1n) is 10.0. The van der Waals surface area contributed by atoms with Crippen LogP contribution in [0, 0.1) is 0 Å². The third-order valence-electron chi connectivity index (χ3n) is 5.72. The van der Waals surface area contributed by atoms with Gasteiger partial charge >= 0.3 is 0 Å². The van der Waals surface area contributed by atoms with E-state index >= 15 is 0 Å². The summed E-state index contributed by atoms with van der Waals surface area (Å²) in [5.74, 6) is -0.621. The first-order valence-corrected chi connectivity index (χ1v) is 10.0. The Morgan fingerprint density at radius 1 is 0.667 bits per heavy atom. The van der Waals surface area contributed by atoms with E-state index in [-0.39, 0.29) is 24.0 Å². The van der Waals surface area contributed by atoms with Gasteiger partial charge in [-0.25, -0.2) is 0 Å². The van der Waals surface area contributed by atoms with Crippen LogP contribution in [-0.4, -0.2) is 29.0 Å². The van der Waals surface area contributed by atoms with Gasteiger partial charge in [0.25, 0.3) is 11.8 Å². The van der Waals surface area contributed by atoms with Gasteiger partial charge in [-0.15, -0.1) is 0 Å². The fourth-order valence-electron chi connectivity index (χ4n) is 4.18. The molecule has 2 aliphatic heterocycles. The van der Waals surface area contributed by atoms with Crippen molar-refractivity contribution in [3.8, 4) is 0 Å². The number of amides is 2. The maximum atomic E-state index is 12.9. The monoisotopic (exact) mass is 399 g/mol. The van der Waals surface area contributed by atoms with E-state index in [9.17, 15) is 9.59 Å². The Hall–Kier alpha value is -3.28. The van der Waals surface area contributed by atoms with Gasteiger partial charge in [0.1, 0.15) is 12.2 Å². The molecule has 1 saturated heterocycles. The molecule has 2 aliphatic rings. The van der Waals surface area contributed by atoms with E-state index in [0.717, 1.165) is 11.1 Å². The second-order valence-corrected chi connectivity index (χ2v) is 7.57. The van der Waals surface area contributed by atoms with Gasteiger partial charge in [-0.3, -0.25) is 14.5 Å². The number of hydrogen-bond acceptors (Lipinski definition) is 4. The molecule has 0 spiro atoms. The lowest BCUT2D eigenvalue weighted by Gasteiger charge is -2.26. The minimum Gasteiger partial charge on any atom is -0.339 e. The highest BCUT2D eigenvalue weighted by Crippen LogP contribution is 2.44. The van der Waals surface area contributed by atoms with Crippen molar-refractivity contribution in [1.29, 1.82) is 0 Å². The van der Waals surface area contributed by atoms with Crippen LogP contribution >= 0.6 is 0 Å². The quantitative estimate of drug-likeness (QED) is 0.605. The highest BCUT2D eigenvalue weighted by Gasteiger charge is 2.47. The van der Waals surface area contributed by atoms with Crippen LogP contribution in [0.5, 0.6) is 0 Å². The number of hydrogen-bond donors (Lipinski definition) is 0. The SMILES string of the molecule is C[C@H](C1O[C@@H](c2ccccc2)[C@H](c2ccccc2)O1)N1C(=O)c2ccccc2C1=O. The van der Waals surface area contributed by atoms with E-state index in [1.807, 2.05) is 60.7 Å². The minimum atomic E-state index is -0.734. The molecule has 30 heavy (non-hydrogen) atoms. The molecule has 2 amide bonds. The fraction of sp³-hybridized carbons (Fsp3) is 0.200. The van der Waals surface area contributed by atoms with Crippen LogP contribution in [0.1, 0.15) is 51.0 Å². The van der Waals surface area contributed by atoms with Crippen molar-refractivity contribution in [3.63, 3.8) is 0 Å². The summed E-state index contributed by atoms with van der Waals surface area (Å²) in [6.45, 7) is 1.79. The molecular formula is C25H21NO4. The maximum absolute atomic E-state index is 12.9. The van der Waals surface area contributed by atoms with Crippen molar-refractivity contribution in [2.75, 3.05) is 0 Å². The van der Waals surface area contributed by atoms with Gasteiger partial charge in [-0.2, -0.15) is 0 Å². The van der Waals surface area contributed by atoms with Crippen LogP contribution in [-0.2, 0) is 9.47 Å². The van der Waals surface area contributed by atoms with Gasteiger partial charge in [0, 0.05) is 0 Å². The van der Waals surface area contributed by atoms with Gasteiger partial charge in [0.15, 0.2) is 6.29 Å². The second-order valence-electron chi connectivity index (χ2n) is 7.57. The van der Waals surface area contributed by atoms with Crippen molar-refractivity contribution in [2.45, 2.75) is 31.5 Å². The Morgan fingerprint density at radius 3 is 1.50 bits per heavy atom. The summed E-state index contributed by atoms with van der Waals surface area (Å²) < 4.78 is 12.6. The first-order chi connectivity index (χ1) is 14.6. The van der Waals surface area contributed by atoms with Crippen molar-refractivity contribution in [2.24, 2.45) is 0 Å². The molecule has 0 saturated carbocycles. The van der Waals surface area contributed by atoms with E-state index < -0.39 is 12.3 Å². The lowest BCUT2D eigenvalue weighted by atomic mass is 9.99. The van der Waals surface area contributed by atoms with Gasteiger partial charge in [-0.1, -0.05) is 72.8 Å². The van der Waals surface area contributed by atoms with Gasteiger partial charge < -0.3 is 9.47 Å². The van der Waals surface area contributed by atoms with Crippen molar-refractivity contribution < 1.29 is 19.1 Å². The molecule has 2 heterocycles. The summed E-state index contributed by atoms with van der Waals surface area (Å²) in [6, 6.07) is 26.1. The van der Waals surface area contributed by atoms with Crippen LogP contribution in [0.3, 0.4) is 0 Å². The zero-order valence-electron chi connectivity index (χ0n) is 16.5. The largest absolute Gasteiger partial charge is 0.339 e. The van der Waals surface area contributed by atoms with E-state index in [1.165, 1.54) is 4.90 Å². The average molecular weight is 399 g/mol. The topological polar surface area (TPSA) is 55.8 Å². The van der Waals surface area contributed by atoms with E-state index in [0.29, 0.717) is 11.1 Å². The van der Waals surface area contributed by atoms with Gasteiger partial charge in [0.2, 0.25) is 0 Å². The standard InChI is InChI=1S/C25H21NO4/c1-16(26-23(27)19-14-8-9-15-20(19)24(26)28)25-29-21(17-10-4-2-5-11-17)22(30-25)18-12-6-3-7-13-18/h2-16,21-22,25H,1H3/t16-,21+,22+/m1/s1. The number of nitrogens with zero attached hydrogens (tertiary/aromatic N) is 1. The van der Waals surface area contributed by atoms with E-state index in [2.05, 4.69) is 0 Å². The van der Waals surface area contributed by atoms with Gasteiger partial charge in [0.05, 0.1) is 17.2 Å². The Morgan fingerprint density at radius 2 is 1.07 bits per heavy atom. The summed E-state index contributed by atoms with van der Waals surface area (Å²) in [5, 5.41) is 0. The molecule has 3 aromatic rings. The Labute approximate surface area is 174 Å². The zero-order chi connectivity index (χ0) is 20.7. The predicted molar refractivity (Wildman–Crippen MR) is 111 cm³/mol. The molecule has 3 atom stereocenters. The average Bonchev–Trinajstić information content (AvgIpc) is 3.35. The molecule has 5 nitrogen and oxygen atoms in total. The van der Waals surface area contributed by atoms with Crippen molar-refractivity contribution in [1.82, 2.24) is 4.90 Å². The molecule has 150 valence electrons. The third kappa shape index (κ3) is 3.03. The highest BCUT2D eigenvalue weighted by atomic mass is 16.7. The molecule has 0 aromatic heterocycles. The zero-order valence-corrected chi connectivity index (χ0v) is 16.5. The summed E-state index contributed by atoms with van der Waals surface area (Å²) in [5.41, 5.74) is 2.82. The van der Waals surface area contributed by atoms with Crippen LogP contribution in [0.4, 0.5) is 0 Å². The van der Waals surface area contributed by atoms with Crippen molar-refractivity contribution in [3.05, 3.63) is 107 Å². The lowest BCUT2D eigenvalue weighted by molar-refractivity contribution is -0.101. The first kappa shape index (κ1) is 18.7. The lowest BCUT2D eigenvalue weighted by Crippen LogP contribution is -2.45. The highest BCUT2D eigenvalue weighted by molar-refractivity contribution is 6.21. The summed E-state index contributed by atoms with van der Waals surface area (Å²) in [6.07, 6.45) is -1.41. The number of carbonyl (C=O) groups excluding carboxylic acids is 2. The van der Waals surface area contributed by atoms with Crippen LogP contribution in [0.25, 0.3) is 0 Å². The third-order valence-corrected chi connectivity index (χ3v) is 5.72. The Bertz CT molecular complexity index is 1000. The van der Waals surface area contributed by atoms with E-state index in [1.54, 1.807) is 31.2 Å². The number of rotatable bonds is 4. The van der Waals surface area contributed by atoms with E-state index in [4.69, 9.17) is 9.47 Å². The Balaban J connectivity index is 1.46. The smallest absolute Gasteiger partial charge is 0.261 e. The Kier molecular flexibility index (Phi) is 4.69. The van der Waals surface area contributed by atoms with Crippen molar-refractivity contribution >= 4 is 11.8 Å². The number of fused-ring (bicyclic) bond motifs is 1. The predicted octanol–water partition coefficient (Wildman–Crippen LogP) is 4.53. The molecule has 3 aromatic carbocycles. The fourth-order valence-corrected chi connectivity index (χ4v) is 4.18. The van der Waals surface area contributed by atoms with Crippen LogP contribution in [0.2, 0.25) is 0 Å². The minimum absolute atomic E-state index is 0.310. The molecule has 5 rings (SSSR count). The number of benzene rings is 3. The summed E-state index contributed by atoms with van der Waals surface area (Å²) >= 11 is 0. The maximum Gasteiger partial charge on any atom is 0.261 e.